The zero-order chi connectivity index (χ0) is 18.6. The summed E-state index contributed by atoms with van der Waals surface area (Å²) in [5.74, 6) is 0.294. The van der Waals surface area contributed by atoms with Gasteiger partial charge in [-0.25, -0.2) is 14.5 Å². The Morgan fingerprint density at radius 3 is 3.04 bits per heavy atom. The zero-order valence-corrected chi connectivity index (χ0v) is 14.9. The van der Waals surface area contributed by atoms with Crippen LogP contribution in [-0.2, 0) is 4.74 Å². The smallest absolute Gasteiger partial charge is 0.225 e. The van der Waals surface area contributed by atoms with Crippen molar-refractivity contribution in [3.8, 4) is 17.3 Å². The Morgan fingerprint density at radius 1 is 1.30 bits per heavy atom. The average molecular weight is 391 g/mol. The SMILES string of the molecule is Fc1cc([C@H]2OCCNC[C@@H]2Oc2ncccc2-c2nnn[nH]2)ccc1Cl. The van der Waals surface area contributed by atoms with E-state index in [0.29, 0.717) is 42.5 Å². The number of pyridine rings is 1. The molecule has 0 bridgehead atoms. The number of aromatic nitrogens is 5. The van der Waals surface area contributed by atoms with Crippen LogP contribution < -0.4 is 10.1 Å². The van der Waals surface area contributed by atoms with Gasteiger partial charge in [-0.3, -0.25) is 0 Å². The Bertz CT molecular complexity index is 910. The first-order valence-electron chi connectivity index (χ1n) is 8.35. The van der Waals surface area contributed by atoms with Gasteiger partial charge < -0.3 is 14.8 Å². The third-order valence-corrected chi connectivity index (χ3v) is 4.47. The van der Waals surface area contributed by atoms with Crippen LogP contribution in [0.25, 0.3) is 11.4 Å². The van der Waals surface area contributed by atoms with Crippen molar-refractivity contribution in [2.24, 2.45) is 0 Å². The molecule has 2 N–H and O–H groups in total. The summed E-state index contributed by atoms with van der Waals surface area (Å²) in [4.78, 5) is 4.30. The molecule has 1 aliphatic rings. The zero-order valence-electron chi connectivity index (χ0n) is 14.1. The number of H-pyrrole nitrogens is 1. The number of nitrogens with one attached hydrogen (secondary N) is 2. The van der Waals surface area contributed by atoms with Gasteiger partial charge in [0.2, 0.25) is 5.88 Å². The molecule has 1 saturated heterocycles. The number of benzene rings is 1. The Kier molecular flexibility index (Phi) is 5.23. The van der Waals surface area contributed by atoms with Crippen LogP contribution in [0, 0.1) is 5.82 Å². The van der Waals surface area contributed by atoms with E-state index in [4.69, 9.17) is 21.1 Å². The molecule has 8 nitrogen and oxygen atoms in total. The first-order chi connectivity index (χ1) is 13.2. The number of hydrogen-bond acceptors (Lipinski definition) is 7. The Labute approximate surface area is 159 Å². The van der Waals surface area contributed by atoms with Crippen molar-refractivity contribution in [3.05, 3.63) is 52.9 Å². The average Bonchev–Trinajstić information content (AvgIpc) is 3.12. The molecule has 4 rings (SSSR count). The summed E-state index contributed by atoms with van der Waals surface area (Å²) in [6.07, 6.45) is 0.678. The maximum Gasteiger partial charge on any atom is 0.225 e. The van der Waals surface area contributed by atoms with E-state index < -0.39 is 18.0 Å². The first kappa shape index (κ1) is 17.8. The van der Waals surface area contributed by atoms with Crippen LogP contribution in [0.4, 0.5) is 4.39 Å². The topological polar surface area (TPSA) is 97.8 Å². The molecule has 1 fully saturated rings. The number of ether oxygens (including phenoxy) is 2. The molecule has 27 heavy (non-hydrogen) atoms. The molecule has 0 saturated carbocycles. The lowest BCUT2D eigenvalue weighted by Gasteiger charge is -2.26. The number of rotatable bonds is 4. The van der Waals surface area contributed by atoms with Crippen LogP contribution in [0.2, 0.25) is 5.02 Å². The summed E-state index contributed by atoms with van der Waals surface area (Å²) >= 11 is 5.80. The normalized spacial score (nSPS) is 20.2. The Morgan fingerprint density at radius 2 is 2.22 bits per heavy atom. The van der Waals surface area contributed by atoms with Crippen molar-refractivity contribution >= 4 is 11.6 Å². The lowest BCUT2D eigenvalue weighted by molar-refractivity contribution is -0.00996. The second-order valence-corrected chi connectivity index (χ2v) is 6.34. The second kappa shape index (κ2) is 7.95. The van der Waals surface area contributed by atoms with Crippen molar-refractivity contribution in [1.29, 1.82) is 0 Å². The van der Waals surface area contributed by atoms with Crippen molar-refractivity contribution < 1.29 is 13.9 Å². The van der Waals surface area contributed by atoms with Gasteiger partial charge in [0.1, 0.15) is 18.0 Å². The fourth-order valence-corrected chi connectivity index (χ4v) is 3.02. The van der Waals surface area contributed by atoms with Crippen LogP contribution in [0.3, 0.4) is 0 Å². The van der Waals surface area contributed by atoms with Gasteiger partial charge in [-0.2, -0.15) is 0 Å². The summed E-state index contributed by atoms with van der Waals surface area (Å²) in [6.45, 7) is 1.63. The summed E-state index contributed by atoms with van der Waals surface area (Å²) in [5.41, 5.74) is 1.26. The van der Waals surface area contributed by atoms with Crippen LogP contribution in [-0.4, -0.2) is 51.4 Å². The predicted octanol–water partition coefficient (Wildman–Crippen LogP) is 2.16. The molecule has 0 aliphatic carbocycles. The van der Waals surface area contributed by atoms with Crippen LogP contribution in [0.5, 0.6) is 5.88 Å². The van der Waals surface area contributed by atoms with E-state index in [1.54, 1.807) is 24.4 Å². The number of halogens is 2. The largest absolute Gasteiger partial charge is 0.469 e. The highest BCUT2D eigenvalue weighted by atomic mass is 35.5. The van der Waals surface area contributed by atoms with E-state index in [9.17, 15) is 4.39 Å². The van der Waals surface area contributed by atoms with E-state index >= 15 is 0 Å². The molecule has 2 aromatic heterocycles. The van der Waals surface area contributed by atoms with Crippen molar-refractivity contribution in [3.63, 3.8) is 0 Å². The van der Waals surface area contributed by atoms with Crippen LogP contribution in [0.1, 0.15) is 11.7 Å². The van der Waals surface area contributed by atoms with Gasteiger partial charge in [0.25, 0.3) is 0 Å². The fourth-order valence-electron chi connectivity index (χ4n) is 2.90. The van der Waals surface area contributed by atoms with Gasteiger partial charge in [0.05, 0.1) is 17.2 Å². The molecule has 0 amide bonds. The van der Waals surface area contributed by atoms with E-state index in [-0.39, 0.29) is 5.02 Å². The minimum atomic E-state index is -0.500. The van der Waals surface area contributed by atoms with Crippen molar-refractivity contribution in [1.82, 2.24) is 30.9 Å². The molecule has 1 aliphatic heterocycles. The highest BCUT2D eigenvalue weighted by Crippen LogP contribution is 2.31. The highest BCUT2D eigenvalue weighted by Gasteiger charge is 2.30. The highest BCUT2D eigenvalue weighted by molar-refractivity contribution is 6.30. The lowest BCUT2D eigenvalue weighted by Crippen LogP contribution is -2.34. The van der Waals surface area contributed by atoms with E-state index in [1.807, 2.05) is 0 Å². The molecule has 1 aromatic carbocycles. The van der Waals surface area contributed by atoms with Crippen LogP contribution >= 0.6 is 11.6 Å². The molecule has 140 valence electrons. The molecule has 0 spiro atoms. The van der Waals surface area contributed by atoms with Gasteiger partial charge in [0, 0.05) is 19.3 Å². The molecule has 0 unspecified atom stereocenters. The van der Waals surface area contributed by atoms with Gasteiger partial charge in [-0.1, -0.05) is 17.7 Å². The minimum Gasteiger partial charge on any atom is -0.469 e. The summed E-state index contributed by atoms with van der Waals surface area (Å²) in [7, 11) is 0. The van der Waals surface area contributed by atoms with E-state index in [1.165, 1.54) is 12.1 Å². The third-order valence-electron chi connectivity index (χ3n) is 4.17. The molecular formula is C17H16ClFN6O2. The predicted molar refractivity (Wildman–Crippen MR) is 94.8 cm³/mol. The number of hydrogen-bond donors (Lipinski definition) is 2. The minimum absolute atomic E-state index is 0.0628. The monoisotopic (exact) mass is 390 g/mol. The molecule has 0 radical (unpaired) electrons. The molecule has 3 heterocycles. The van der Waals surface area contributed by atoms with Crippen molar-refractivity contribution in [2.45, 2.75) is 12.2 Å². The molecule has 10 heteroatoms. The van der Waals surface area contributed by atoms with Gasteiger partial charge >= 0.3 is 0 Å². The van der Waals surface area contributed by atoms with Gasteiger partial charge in [0.15, 0.2) is 5.82 Å². The maximum atomic E-state index is 14.0. The summed E-state index contributed by atoms with van der Waals surface area (Å²) < 4.78 is 26.0. The fraction of sp³-hybridized carbons (Fsp3) is 0.294. The lowest BCUT2D eigenvalue weighted by atomic mass is 10.0. The number of nitrogens with zero attached hydrogens (tertiary/aromatic N) is 4. The summed E-state index contributed by atoms with van der Waals surface area (Å²) in [5, 5.41) is 17.1. The van der Waals surface area contributed by atoms with Crippen LogP contribution in [0.15, 0.2) is 36.5 Å². The van der Waals surface area contributed by atoms with E-state index in [0.717, 1.165) is 0 Å². The van der Waals surface area contributed by atoms with Crippen molar-refractivity contribution in [2.75, 3.05) is 19.7 Å². The summed E-state index contributed by atoms with van der Waals surface area (Å²) in [6, 6.07) is 8.17. The second-order valence-electron chi connectivity index (χ2n) is 5.93. The van der Waals surface area contributed by atoms with Gasteiger partial charge in [-0.05, 0) is 40.3 Å². The number of tetrazole rings is 1. The first-order valence-corrected chi connectivity index (χ1v) is 8.73. The number of aromatic amines is 1. The standard InChI is InChI=1S/C17H16ClFN6O2/c18-12-4-3-10(8-13(12)19)15-14(9-20-6-7-26-15)27-17-11(2-1-5-21-17)16-22-24-25-23-16/h1-5,8,14-15,20H,6-7,9H2,(H,22,23,24,25)/t14-,15+/m0/s1. The molecular weight excluding hydrogens is 375 g/mol. The molecule has 2 atom stereocenters. The third kappa shape index (κ3) is 3.90. The Balaban J connectivity index is 1.65. The Hall–Kier alpha value is -2.62. The molecule has 3 aromatic rings. The maximum absolute atomic E-state index is 14.0. The van der Waals surface area contributed by atoms with E-state index in [2.05, 4.69) is 30.9 Å². The quantitative estimate of drug-likeness (QED) is 0.704. The van der Waals surface area contributed by atoms with Gasteiger partial charge in [-0.15, -0.1) is 5.10 Å².